The van der Waals surface area contributed by atoms with Crippen LogP contribution in [-0.2, 0) is 11.3 Å². The van der Waals surface area contributed by atoms with Gasteiger partial charge in [-0.15, -0.1) is 0 Å². The molecule has 0 aromatic carbocycles. The molecule has 0 fully saturated rings. The summed E-state index contributed by atoms with van der Waals surface area (Å²) in [5.74, 6) is 1.01. The lowest BCUT2D eigenvalue weighted by molar-refractivity contribution is 0.151. The lowest BCUT2D eigenvalue weighted by Crippen LogP contribution is -2.32. The molecule has 0 radical (unpaired) electrons. The molecule has 0 saturated heterocycles. The number of rotatable bonds is 7. The van der Waals surface area contributed by atoms with Crippen molar-refractivity contribution in [2.45, 2.75) is 26.5 Å². The molecule has 1 atom stereocenters. The van der Waals surface area contributed by atoms with Crippen LogP contribution in [0.15, 0.2) is 4.52 Å². The van der Waals surface area contributed by atoms with E-state index in [-0.39, 0.29) is 6.04 Å². The summed E-state index contributed by atoms with van der Waals surface area (Å²) in [5.41, 5.74) is 5.99. The second-order valence-corrected chi connectivity index (χ2v) is 3.57. The molecule has 1 aromatic heterocycles. The third kappa shape index (κ3) is 3.55. The van der Waals surface area contributed by atoms with Gasteiger partial charge in [0.25, 0.3) is 5.89 Å². The first kappa shape index (κ1) is 13.1. The summed E-state index contributed by atoms with van der Waals surface area (Å²) in [6.07, 6.45) is 0. The number of aromatic nitrogens is 2. The molecule has 0 bridgehead atoms. The van der Waals surface area contributed by atoms with Crippen LogP contribution in [0.2, 0.25) is 0 Å². The van der Waals surface area contributed by atoms with Gasteiger partial charge in [0, 0.05) is 13.7 Å². The largest absolute Gasteiger partial charge is 0.375 e. The first-order valence-electron chi connectivity index (χ1n) is 5.50. The molecule has 0 amide bonds. The summed E-state index contributed by atoms with van der Waals surface area (Å²) in [6.45, 7) is 7.19. The second-order valence-electron chi connectivity index (χ2n) is 3.57. The first-order valence-corrected chi connectivity index (χ1v) is 5.50. The quantitative estimate of drug-likeness (QED) is 0.734. The fraction of sp³-hybridized carbons (Fsp3) is 0.800. The molecule has 92 valence electrons. The number of ether oxygens (including phenoxy) is 1. The molecule has 0 aliphatic carbocycles. The van der Waals surface area contributed by atoms with Gasteiger partial charge in [-0.1, -0.05) is 19.0 Å². The summed E-state index contributed by atoms with van der Waals surface area (Å²) in [5, 5.41) is 3.84. The van der Waals surface area contributed by atoms with Gasteiger partial charge in [0.05, 0.1) is 6.04 Å². The molecule has 1 rings (SSSR count). The Morgan fingerprint density at radius 3 is 2.69 bits per heavy atom. The van der Waals surface area contributed by atoms with E-state index >= 15 is 0 Å². The molecular weight excluding hydrogens is 208 g/mol. The minimum Gasteiger partial charge on any atom is -0.375 e. The molecule has 0 saturated carbocycles. The van der Waals surface area contributed by atoms with Crippen molar-refractivity contribution in [2.24, 2.45) is 5.73 Å². The van der Waals surface area contributed by atoms with E-state index in [9.17, 15) is 0 Å². The van der Waals surface area contributed by atoms with Crippen molar-refractivity contribution in [1.29, 1.82) is 0 Å². The summed E-state index contributed by atoms with van der Waals surface area (Å²) in [6, 6.07) is -0.214. The van der Waals surface area contributed by atoms with E-state index in [1.807, 2.05) is 0 Å². The van der Waals surface area contributed by atoms with Crippen molar-refractivity contribution in [1.82, 2.24) is 15.0 Å². The predicted molar refractivity (Wildman–Crippen MR) is 59.7 cm³/mol. The van der Waals surface area contributed by atoms with E-state index < -0.39 is 0 Å². The Kier molecular flexibility index (Phi) is 5.37. The van der Waals surface area contributed by atoms with E-state index in [0.717, 1.165) is 19.6 Å². The van der Waals surface area contributed by atoms with Crippen LogP contribution in [0.3, 0.4) is 0 Å². The summed E-state index contributed by atoms with van der Waals surface area (Å²) < 4.78 is 9.89. The maximum absolute atomic E-state index is 5.99. The van der Waals surface area contributed by atoms with Crippen LogP contribution in [0.1, 0.15) is 31.6 Å². The third-order valence-corrected chi connectivity index (χ3v) is 2.43. The minimum atomic E-state index is -0.214. The van der Waals surface area contributed by atoms with Crippen molar-refractivity contribution in [3.63, 3.8) is 0 Å². The monoisotopic (exact) mass is 228 g/mol. The van der Waals surface area contributed by atoms with Gasteiger partial charge in [-0.25, -0.2) is 0 Å². The Labute approximate surface area is 95.7 Å². The Morgan fingerprint density at radius 2 is 2.12 bits per heavy atom. The molecule has 6 heteroatoms. The zero-order chi connectivity index (χ0) is 12.0. The number of methoxy groups -OCH3 is 1. The smallest absolute Gasteiger partial charge is 0.252 e. The van der Waals surface area contributed by atoms with Crippen molar-refractivity contribution < 1.29 is 9.26 Å². The first-order chi connectivity index (χ1) is 7.71. The maximum atomic E-state index is 5.99. The van der Waals surface area contributed by atoms with Gasteiger partial charge in [-0.2, -0.15) is 4.98 Å². The van der Waals surface area contributed by atoms with Gasteiger partial charge in [-0.3, -0.25) is 0 Å². The highest BCUT2D eigenvalue weighted by molar-refractivity contribution is 4.93. The Hall–Kier alpha value is -0.980. The standard InChI is InChI=1S/C10H20N4O2/c1-4-14(5-2)6-8(11)10-12-9(7-15-3)16-13-10/h8H,4-7,11H2,1-3H3. The number of hydrogen-bond donors (Lipinski definition) is 1. The van der Waals surface area contributed by atoms with Crippen molar-refractivity contribution in [3.05, 3.63) is 11.7 Å². The number of nitrogens with two attached hydrogens (primary N) is 1. The van der Waals surface area contributed by atoms with Crippen molar-refractivity contribution >= 4 is 0 Å². The molecule has 0 aliphatic heterocycles. The zero-order valence-corrected chi connectivity index (χ0v) is 10.1. The van der Waals surface area contributed by atoms with Crippen LogP contribution < -0.4 is 5.73 Å². The SMILES string of the molecule is CCN(CC)CC(N)c1noc(COC)n1. The normalized spacial score (nSPS) is 13.3. The van der Waals surface area contributed by atoms with Crippen LogP contribution in [0.25, 0.3) is 0 Å². The van der Waals surface area contributed by atoms with Gasteiger partial charge in [-0.05, 0) is 13.1 Å². The average molecular weight is 228 g/mol. The van der Waals surface area contributed by atoms with E-state index in [2.05, 4.69) is 28.9 Å². The van der Waals surface area contributed by atoms with Gasteiger partial charge in [0.15, 0.2) is 5.82 Å². The molecule has 1 heterocycles. The van der Waals surface area contributed by atoms with E-state index in [1.54, 1.807) is 7.11 Å². The van der Waals surface area contributed by atoms with Crippen LogP contribution >= 0.6 is 0 Å². The molecular formula is C10H20N4O2. The molecule has 1 aromatic rings. The van der Waals surface area contributed by atoms with Crippen molar-refractivity contribution in [3.8, 4) is 0 Å². The van der Waals surface area contributed by atoms with Crippen LogP contribution in [0.5, 0.6) is 0 Å². The minimum absolute atomic E-state index is 0.214. The topological polar surface area (TPSA) is 77.4 Å². The highest BCUT2D eigenvalue weighted by Gasteiger charge is 2.16. The number of hydrogen-bond acceptors (Lipinski definition) is 6. The Balaban J connectivity index is 2.54. The number of likely N-dealkylation sites (N-methyl/N-ethyl adjacent to an activating group) is 1. The summed E-state index contributed by atoms with van der Waals surface area (Å²) >= 11 is 0. The van der Waals surface area contributed by atoms with Crippen LogP contribution in [0.4, 0.5) is 0 Å². The lowest BCUT2D eigenvalue weighted by atomic mass is 10.2. The molecule has 16 heavy (non-hydrogen) atoms. The predicted octanol–water partition coefficient (Wildman–Crippen LogP) is 0.558. The Bertz CT molecular complexity index is 299. The van der Waals surface area contributed by atoms with Crippen molar-refractivity contribution in [2.75, 3.05) is 26.7 Å². The highest BCUT2D eigenvalue weighted by Crippen LogP contribution is 2.08. The van der Waals surface area contributed by atoms with Crippen LogP contribution in [0, 0.1) is 0 Å². The second kappa shape index (κ2) is 6.57. The lowest BCUT2D eigenvalue weighted by Gasteiger charge is -2.20. The van der Waals surface area contributed by atoms with E-state index in [4.69, 9.17) is 15.0 Å². The van der Waals surface area contributed by atoms with Gasteiger partial charge < -0.3 is 19.9 Å². The average Bonchev–Trinajstić information content (AvgIpc) is 2.74. The van der Waals surface area contributed by atoms with Gasteiger partial charge >= 0.3 is 0 Å². The van der Waals surface area contributed by atoms with E-state index in [0.29, 0.717) is 18.3 Å². The summed E-state index contributed by atoms with van der Waals surface area (Å²) in [7, 11) is 1.58. The number of nitrogens with zero attached hydrogens (tertiary/aromatic N) is 3. The maximum Gasteiger partial charge on any atom is 0.252 e. The van der Waals surface area contributed by atoms with Gasteiger partial charge in [0.2, 0.25) is 0 Å². The Morgan fingerprint density at radius 1 is 1.44 bits per heavy atom. The molecule has 2 N–H and O–H groups in total. The third-order valence-electron chi connectivity index (χ3n) is 2.43. The van der Waals surface area contributed by atoms with E-state index in [1.165, 1.54) is 0 Å². The van der Waals surface area contributed by atoms with Crippen LogP contribution in [-0.4, -0.2) is 41.8 Å². The molecule has 1 unspecified atom stereocenters. The highest BCUT2D eigenvalue weighted by atomic mass is 16.5. The molecule has 0 aliphatic rings. The fourth-order valence-corrected chi connectivity index (χ4v) is 1.44. The summed E-state index contributed by atoms with van der Waals surface area (Å²) in [4.78, 5) is 6.39. The fourth-order valence-electron chi connectivity index (χ4n) is 1.44. The van der Waals surface area contributed by atoms with Gasteiger partial charge in [0.1, 0.15) is 6.61 Å². The zero-order valence-electron chi connectivity index (χ0n) is 10.1. The molecule has 0 spiro atoms. The molecule has 6 nitrogen and oxygen atoms in total.